The minimum Gasteiger partial charge on any atom is -0.496 e. The minimum absolute atomic E-state index is 0.0194. The van der Waals surface area contributed by atoms with Crippen molar-refractivity contribution < 1.29 is 48.2 Å². The number of hydrogen-bond donors (Lipinski definition) is 4. The summed E-state index contributed by atoms with van der Waals surface area (Å²) in [6.45, 7) is 2.17. The van der Waals surface area contributed by atoms with Crippen LogP contribution in [-0.2, 0) is 9.53 Å². The molecule has 0 spiro atoms. The van der Waals surface area contributed by atoms with E-state index in [4.69, 9.17) is 28.1 Å². The van der Waals surface area contributed by atoms with Crippen LogP contribution >= 0.6 is 0 Å². The molecule has 12 heteroatoms. The number of amides is 1. The highest BCUT2D eigenvalue weighted by Crippen LogP contribution is 2.46. The Kier molecular flexibility index (Phi) is 8.84. The number of rotatable bonds is 9. The Balaban J connectivity index is 1.86. The fraction of sp³-hybridized carbons (Fsp3) is 0.429. The second-order valence-corrected chi connectivity index (χ2v) is 9.18. The molecule has 5 atom stereocenters. The van der Waals surface area contributed by atoms with Crippen molar-refractivity contribution in [3.8, 4) is 34.3 Å². The first kappa shape index (κ1) is 29.2. The SMILES string of the molecule is CCCNC(=O)C1OC(c2c(OC)cc3oc(-c4ccc(OC)c(OC)c4)cc(=O)c3c2OC)C(O)C(O)C1O. The van der Waals surface area contributed by atoms with Gasteiger partial charge in [0.1, 0.15) is 52.6 Å². The number of methoxy groups -OCH3 is 4. The van der Waals surface area contributed by atoms with Crippen molar-refractivity contribution in [1.82, 2.24) is 5.32 Å². The zero-order chi connectivity index (χ0) is 29.1. The van der Waals surface area contributed by atoms with Crippen molar-refractivity contribution in [2.75, 3.05) is 35.0 Å². The standard InChI is InChI=1S/C28H33NO11/c1-6-9-29-28(34)27-24(33)22(31)23(32)26(40-27)21-18(37-4)12-19-20(25(21)38-5)14(30)11-16(39-19)13-7-8-15(35-2)17(10-13)36-3/h7-8,10-12,22-24,26-27,31-33H,6,9H2,1-5H3,(H,29,34). The summed E-state index contributed by atoms with van der Waals surface area (Å²) in [5.41, 5.74) is 0.242. The molecule has 0 aliphatic carbocycles. The first-order chi connectivity index (χ1) is 19.2. The largest absolute Gasteiger partial charge is 0.496 e. The van der Waals surface area contributed by atoms with E-state index in [0.717, 1.165) is 0 Å². The van der Waals surface area contributed by atoms with Gasteiger partial charge >= 0.3 is 0 Å². The summed E-state index contributed by atoms with van der Waals surface area (Å²) in [6, 6.07) is 7.75. The second-order valence-electron chi connectivity index (χ2n) is 9.18. The van der Waals surface area contributed by atoms with E-state index in [-0.39, 0.29) is 33.8 Å². The van der Waals surface area contributed by atoms with Crippen LogP contribution in [-0.4, -0.2) is 80.6 Å². The smallest absolute Gasteiger partial charge is 0.251 e. The van der Waals surface area contributed by atoms with E-state index in [0.29, 0.717) is 30.0 Å². The second kappa shape index (κ2) is 12.1. The van der Waals surface area contributed by atoms with Crippen LogP contribution in [0.1, 0.15) is 25.0 Å². The van der Waals surface area contributed by atoms with E-state index in [1.165, 1.54) is 40.6 Å². The van der Waals surface area contributed by atoms with Crippen LogP contribution in [0.5, 0.6) is 23.0 Å². The molecule has 1 amide bonds. The molecule has 1 aliphatic heterocycles. The van der Waals surface area contributed by atoms with Crippen molar-refractivity contribution in [2.24, 2.45) is 0 Å². The summed E-state index contributed by atoms with van der Waals surface area (Å²) in [7, 11) is 5.67. The van der Waals surface area contributed by atoms with E-state index >= 15 is 0 Å². The lowest BCUT2D eigenvalue weighted by molar-refractivity contribution is -0.223. The maximum absolute atomic E-state index is 13.5. The van der Waals surface area contributed by atoms with Gasteiger partial charge in [-0.1, -0.05) is 6.92 Å². The van der Waals surface area contributed by atoms with Gasteiger partial charge in [-0.2, -0.15) is 0 Å². The number of carbonyl (C=O) groups excluding carboxylic acids is 1. The van der Waals surface area contributed by atoms with Gasteiger partial charge in [-0.15, -0.1) is 0 Å². The van der Waals surface area contributed by atoms with Crippen molar-refractivity contribution in [2.45, 2.75) is 43.9 Å². The van der Waals surface area contributed by atoms with E-state index in [1.807, 2.05) is 6.92 Å². The van der Waals surface area contributed by atoms with Crippen LogP contribution in [0.4, 0.5) is 0 Å². The highest BCUT2D eigenvalue weighted by Gasteiger charge is 2.49. The number of hydrogen-bond acceptors (Lipinski definition) is 11. The van der Waals surface area contributed by atoms with Crippen LogP contribution in [0.3, 0.4) is 0 Å². The summed E-state index contributed by atoms with van der Waals surface area (Å²) in [5.74, 6) is 0.565. The van der Waals surface area contributed by atoms with Gasteiger partial charge in [-0.05, 0) is 24.6 Å². The first-order valence-electron chi connectivity index (χ1n) is 12.6. The molecule has 2 aromatic carbocycles. The van der Waals surface area contributed by atoms with Gasteiger partial charge in [0.25, 0.3) is 5.91 Å². The zero-order valence-corrected chi connectivity index (χ0v) is 22.8. The number of carbonyl (C=O) groups is 1. The number of fused-ring (bicyclic) bond motifs is 1. The predicted molar refractivity (Wildman–Crippen MR) is 143 cm³/mol. The Morgan fingerprint density at radius 3 is 2.23 bits per heavy atom. The quantitative estimate of drug-likeness (QED) is 0.300. The average molecular weight is 560 g/mol. The summed E-state index contributed by atoms with van der Waals surface area (Å²) in [5, 5.41) is 34.6. The van der Waals surface area contributed by atoms with E-state index < -0.39 is 41.9 Å². The number of nitrogens with one attached hydrogen (secondary N) is 1. The Labute approximate surface area is 230 Å². The maximum atomic E-state index is 13.5. The van der Waals surface area contributed by atoms with Crippen molar-refractivity contribution in [3.05, 3.63) is 46.1 Å². The fourth-order valence-electron chi connectivity index (χ4n) is 4.75. The van der Waals surface area contributed by atoms with Gasteiger partial charge in [0.2, 0.25) is 0 Å². The molecule has 5 unspecified atom stereocenters. The highest BCUT2D eigenvalue weighted by molar-refractivity contribution is 5.89. The van der Waals surface area contributed by atoms with Crippen molar-refractivity contribution >= 4 is 16.9 Å². The lowest BCUT2D eigenvalue weighted by Crippen LogP contribution is -2.58. The number of ether oxygens (including phenoxy) is 5. The number of aliphatic hydroxyl groups is 3. The molecule has 4 rings (SSSR count). The summed E-state index contributed by atoms with van der Waals surface area (Å²) in [4.78, 5) is 26.2. The Hall–Kier alpha value is -3.84. The van der Waals surface area contributed by atoms with Crippen LogP contribution in [0, 0.1) is 0 Å². The lowest BCUT2D eigenvalue weighted by atomic mass is 9.89. The molecular weight excluding hydrogens is 526 g/mol. The molecule has 40 heavy (non-hydrogen) atoms. The molecule has 216 valence electrons. The third-order valence-corrected chi connectivity index (χ3v) is 6.77. The van der Waals surface area contributed by atoms with Crippen LogP contribution in [0.25, 0.3) is 22.3 Å². The summed E-state index contributed by atoms with van der Waals surface area (Å²) >= 11 is 0. The summed E-state index contributed by atoms with van der Waals surface area (Å²) < 4.78 is 33.7. The molecule has 12 nitrogen and oxygen atoms in total. The number of aliphatic hydroxyl groups excluding tert-OH is 3. The molecule has 0 bridgehead atoms. The molecular formula is C28H33NO11. The van der Waals surface area contributed by atoms with Gasteiger partial charge in [0.15, 0.2) is 23.0 Å². The topological polar surface area (TPSA) is 166 Å². The molecule has 4 N–H and O–H groups in total. The first-order valence-corrected chi connectivity index (χ1v) is 12.6. The molecule has 1 saturated heterocycles. The molecule has 1 aromatic heterocycles. The predicted octanol–water partition coefficient (Wildman–Crippen LogP) is 1.54. The van der Waals surface area contributed by atoms with Crippen molar-refractivity contribution in [1.29, 1.82) is 0 Å². The lowest BCUT2D eigenvalue weighted by Gasteiger charge is -2.40. The van der Waals surface area contributed by atoms with E-state index in [1.54, 1.807) is 18.2 Å². The highest BCUT2D eigenvalue weighted by atomic mass is 16.5. The normalized spacial score (nSPS) is 22.6. The molecule has 0 saturated carbocycles. The van der Waals surface area contributed by atoms with Crippen LogP contribution < -0.4 is 29.7 Å². The Bertz CT molecular complexity index is 1440. The third kappa shape index (κ3) is 5.18. The molecule has 2 heterocycles. The van der Waals surface area contributed by atoms with Gasteiger partial charge in [-0.25, -0.2) is 0 Å². The molecule has 1 fully saturated rings. The fourth-order valence-corrected chi connectivity index (χ4v) is 4.75. The van der Waals surface area contributed by atoms with Gasteiger partial charge < -0.3 is 48.7 Å². The minimum atomic E-state index is -1.75. The molecule has 3 aromatic rings. The molecule has 1 aliphatic rings. The van der Waals surface area contributed by atoms with Crippen LogP contribution in [0.15, 0.2) is 39.5 Å². The monoisotopic (exact) mass is 559 g/mol. The van der Waals surface area contributed by atoms with Crippen molar-refractivity contribution in [3.63, 3.8) is 0 Å². The van der Waals surface area contributed by atoms with Crippen LogP contribution in [0.2, 0.25) is 0 Å². The van der Waals surface area contributed by atoms with E-state index in [9.17, 15) is 24.9 Å². The number of benzene rings is 2. The van der Waals surface area contributed by atoms with Gasteiger partial charge in [0.05, 0.1) is 34.0 Å². The maximum Gasteiger partial charge on any atom is 0.251 e. The molecule has 0 radical (unpaired) electrons. The third-order valence-electron chi connectivity index (χ3n) is 6.77. The van der Waals surface area contributed by atoms with E-state index in [2.05, 4.69) is 5.32 Å². The Morgan fingerprint density at radius 1 is 0.900 bits per heavy atom. The zero-order valence-electron chi connectivity index (χ0n) is 22.8. The Morgan fingerprint density at radius 2 is 1.60 bits per heavy atom. The van der Waals surface area contributed by atoms with Gasteiger partial charge in [0, 0.05) is 24.2 Å². The summed E-state index contributed by atoms with van der Waals surface area (Å²) in [6.07, 6.45) is -7.42. The average Bonchev–Trinajstić information content (AvgIpc) is 2.97. The van der Waals surface area contributed by atoms with Gasteiger partial charge in [-0.3, -0.25) is 9.59 Å².